The van der Waals surface area contributed by atoms with Crippen LogP contribution in [0.5, 0.6) is 5.75 Å². The first kappa shape index (κ1) is 14.1. The highest BCUT2D eigenvalue weighted by Gasteiger charge is 2.06. The molecule has 0 aliphatic heterocycles. The molecule has 0 bridgehead atoms. The molecule has 1 aromatic heterocycles. The maximum Gasteiger partial charge on any atom is 0.339 e. The zero-order valence-corrected chi connectivity index (χ0v) is 11.8. The Morgan fingerprint density at radius 2 is 2.05 bits per heavy atom. The molecule has 1 N–H and O–H groups in total. The summed E-state index contributed by atoms with van der Waals surface area (Å²) >= 11 is 6.03. The molecule has 0 atom stereocenters. The van der Waals surface area contributed by atoms with Crippen molar-refractivity contribution in [1.82, 2.24) is 4.98 Å². The standard InChI is InChI=1S/C14H13ClN2O3/c1-19-12-5-4-10(7-11(12)15)17-13-6-3-9(8-16-13)14(18)20-2/h3-8H,1-2H3,(H,16,17). The van der Waals surface area contributed by atoms with Crippen LogP contribution in [0.2, 0.25) is 5.02 Å². The second-order valence-corrected chi connectivity index (χ2v) is 4.31. The number of hydrogen-bond donors (Lipinski definition) is 1. The molecule has 0 saturated heterocycles. The van der Waals surface area contributed by atoms with Crippen molar-refractivity contribution in [2.75, 3.05) is 19.5 Å². The number of benzene rings is 1. The molecule has 0 saturated carbocycles. The van der Waals surface area contributed by atoms with Crippen LogP contribution in [-0.4, -0.2) is 25.2 Å². The molecule has 20 heavy (non-hydrogen) atoms. The second kappa shape index (κ2) is 6.25. The monoisotopic (exact) mass is 292 g/mol. The Morgan fingerprint density at radius 3 is 2.60 bits per heavy atom. The van der Waals surface area contributed by atoms with E-state index in [4.69, 9.17) is 16.3 Å². The van der Waals surface area contributed by atoms with Gasteiger partial charge in [-0.05, 0) is 30.3 Å². The van der Waals surface area contributed by atoms with E-state index >= 15 is 0 Å². The number of anilines is 2. The average Bonchev–Trinajstić information content (AvgIpc) is 2.47. The number of methoxy groups -OCH3 is 2. The van der Waals surface area contributed by atoms with Crippen molar-refractivity contribution in [3.63, 3.8) is 0 Å². The highest BCUT2D eigenvalue weighted by Crippen LogP contribution is 2.28. The summed E-state index contributed by atoms with van der Waals surface area (Å²) in [6.45, 7) is 0. The van der Waals surface area contributed by atoms with E-state index in [1.54, 1.807) is 31.4 Å². The number of halogens is 1. The molecule has 0 amide bonds. The number of ether oxygens (including phenoxy) is 2. The smallest absolute Gasteiger partial charge is 0.339 e. The number of rotatable bonds is 4. The topological polar surface area (TPSA) is 60.5 Å². The number of aromatic nitrogens is 1. The van der Waals surface area contributed by atoms with Gasteiger partial charge in [0, 0.05) is 11.9 Å². The van der Waals surface area contributed by atoms with E-state index in [2.05, 4.69) is 15.0 Å². The number of nitrogens with zero attached hydrogens (tertiary/aromatic N) is 1. The summed E-state index contributed by atoms with van der Waals surface area (Å²) in [7, 11) is 2.88. The van der Waals surface area contributed by atoms with Gasteiger partial charge in [0.2, 0.25) is 0 Å². The fourth-order valence-electron chi connectivity index (χ4n) is 1.60. The molecule has 2 aromatic rings. The maximum absolute atomic E-state index is 11.3. The SMILES string of the molecule is COC(=O)c1ccc(Nc2ccc(OC)c(Cl)c2)nc1. The first-order valence-corrected chi connectivity index (χ1v) is 6.17. The van der Waals surface area contributed by atoms with E-state index in [1.165, 1.54) is 13.3 Å². The highest BCUT2D eigenvalue weighted by atomic mass is 35.5. The molecule has 104 valence electrons. The Bertz CT molecular complexity index is 614. The Kier molecular flexibility index (Phi) is 4.42. The highest BCUT2D eigenvalue weighted by molar-refractivity contribution is 6.32. The van der Waals surface area contributed by atoms with Crippen molar-refractivity contribution in [3.05, 3.63) is 47.1 Å². The summed E-state index contributed by atoms with van der Waals surface area (Å²) in [4.78, 5) is 15.4. The Morgan fingerprint density at radius 1 is 1.25 bits per heavy atom. The molecule has 0 fully saturated rings. The third-order valence-electron chi connectivity index (χ3n) is 2.61. The Hall–Kier alpha value is -2.27. The summed E-state index contributed by atoms with van der Waals surface area (Å²) in [5, 5.41) is 3.58. The van der Waals surface area contributed by atoms with Crippen LogP contribution in [0.15, 0.2) is 36.5 Å². The predicted molar refractivity (Wildman–Crippen MR) is 76.9 cm³/mol. The number of pyridine rings is 1. The average molecular weight is 293 g/mol. The molecule has 5 nitrogen and oxygen atoms in total. The summed E-state index contributed by atoms with van der Waals surface area (Å²) < 4.78 is 9.68. The van der Waals surface area contributed by atoms with Crippen LogP contribution in [0, 0.1) is 0 Å². The first-order valence-electron chi connectivity index (χ1n) is 5.79. The lowest BCUT2D eigenvalue weighted by atomic mass is 10.2. The van der Waals surface area contributed by atoms with Gasteiger partial charge in [-0.25, -0.2) is 9.78 Å². The molecular formula is C14H13ClN2O3. The summed E-state index contributed by atoms with van der Waals surface area (Å²) in [6, 6.07) is 8.63. The van der Waals surface area contributed by atoms with Gasteiger partial charge >= 0.3 is 5.97 Å². The van der Waals surface area contributed by atoms with Gasteiger partial charge in [0.25, 0.3) is 0 Å². The van der Waals surface area contributed by atoms with Crippen LogP contribution < -0.4 is 10.1 Å². The molecular weight excluding hydrogens is 280 g/mol. The van der Waals surface area contributed by atoms with Crippen LogP contribution in [0.4, 0.5) is 11.5 Å². The quantitative estimate of drug-likeness (QED) is 0.876. The van der Waals surface area contributed by atoms with Gasteiger partial charge < -0.3 is 14.8 Å². The third kappa shape index (κ3) is 3.19. The van der Waals surface area contributed by atoms with Gasteiger partial charge in [0.1, 0.15) is 11.6 Å². The van der Waals surface area contributed by atoms with Crippen molar-refractivity contribution >= 4 is 29.1 Å². The lowest BCUT2D eigenvalue weighted by molar-refractivity contribution is 0.0600. The molecule has 0 aliphatic rings. The molecule has 6 heteroatoms. The Labute approximate surface area is 121 Å². The van der Waals surface area contributed by atoms with Crippen LogP contribution in [0.25, 0.3) is 0 Å². The minimum absolute atomic E-state index is 0.394. The lowest BCUT2D eigenvalue weighted by Gasteiger charge is -2.08. The molecule has 1 heterocycles. The summed E-state index contributed by atoms with van der Waals surface area (Å²) in [5.41, 5.74) is 1.17. The van der Waals surface area contributed by atoms with Crippen LogP contribution in [-0.2, 0) is 4.74 Å². The Balaban J connectivity index is 2.14. The van der Waals surface area contributed by atoms with Crippen LogP contribution in [0.1, 0.15) is 10.4 Å². The molecule has 2 rings (SSSR count). The van der Waals surface area contributed by atoms with Crippen LogP contribution >= 0.6 is 11.6 Å². The molecule has 0 aliphatic carbocycles. The van der Waals surface area contributed by atoms with Gasteiger partial charge in [-0.1, -0.05) is 11.6 Å². The van der Waals surface area contributed by atoms with Crippen molar-refractivity contribution in [1.29, 1.82) is 0 Å². The number of hydrogen-bond acceptors (Lipinski definition) is 5. The van der Waals surface area contributed by atoms with Crippen LogP contribution in [0.3, 0.4) is 0 Å². The van der Waals surface area contributed by atoms with Crippen molar-refractivity contribution < 1.29 is 14.3 Å². The van der Waals surface area contributed by atoms with E-state index in [1.807, 2.05) is 6.07 Å². The van der Waals surface area contributed by atoms with Gasteiger partial charge in [-0.2, -0.15) is 0 Å². The summed E-state index contributed by atoms with van der Waals surface area (Å²) in [5.74, 6) is 0.779. The minimum atomic E-state index is -0.420. The van der Waals surface area contributed by atoms with E-state index in [0.717, 1.165) is 5.69 Å². The maximum atomic E-state index is 11.3. The summed E-state index contributed by atoms with van der Waals surface area (Å²) in [6.07, 6.45) is 1.44. The fourth-order valence-corrected chi connectivity index (χ4v) is 1.86. The lowest BCUT2D eigenvalue weighted by Crippen LogP contribution is -2.02. The number of carbonyl (C=O) groups is 1. The minimum Gasteiger partial charge on any atom is -0.495 e. The van der Waals surface area contributed by atoms with Gasteiger partial charge in [0.05, 0.1) is 24.8 Å². The van der Waals surface area contributed by atoms with E-state index in [9.17, 15) is 4.79 Å². The van der Waals surface area contributed by atoms with E-state index in [0.29, 0.717) is 22.2 Å². The van der Waals surface area contributed by atoms with E-state index < -0.39 is 5.97 Å². The zero-order valence-electron chi connectivity index (χ0n) is 11.0. The number of nitrogens with one attached hydrogen (secondary N) is 1. The fraction of sp³-hybridized carbons (Fsp3) is 0.143. The second-order valence-electron chi connectivity index (χ2n) is 3.90. The third-order valence-corrected chi connectivity index (χ3v) is 2.90. The molecule has 0 spiro atoms. The van der Waals surface area contributed by atoms with Crippen molar-refractivity contribution in [2.24, 2.45) is 0 Å². The molecule has 0 unspecified atom stereocenters. The van der Waals surface area contributed by atoms with Crippen molar-refractivity contribution in [2.45, 2.75) is 0 Å². The van der Waals surface area contributed by atoms with Gasteiger partial charge in [-0.3, -0.25) is 0 Å². The molecule has 0 radical (unpaired) electrons. The van der Waals surface area contributed by atoms with Gasteiger partial charge in [-0.15, -0.1) is 0 Å². The predicted octanol–water partition coefficient (Wildman–Crippen LogP) is 3.27. The zero-order chi connectivity index (χ0) is 14.5. The number of carbonyl (C=O) groups excluding carboxylic acids is 1. The van der Waals surface area contributed by atoms with Crippen molar-refractivity contribution in [3.8, 4) is 5.75 Å². The normalized spacial score (nSPS) is 9.95. The van der Waals surface area contributed by atoms with E-state index in [-0.39, 0.29) is 0 Å². The first-order chi connectivity index (χ1) is 9.63. The molecule has 1 aromatic carbocycles. The number of esters is 1. The van der Waals surface area contributed by atoms with Gasteiger partial charge in [0.15, 0.2) is 0 Å². The largest absolute Gasteiger partial charge is 0.495 e.